The van der Waals surface area contributed by atoms with Crippen LogP contribution in [-0.2, 0) is 15.9 Å². The van der Waals surface area contributed by atoms with Gasteiger partial charge in [-0.15, -0.1) is 0 Å². The Morgan fingerprint density at radius 2 is 1.50 bits per heavy atom. The molecule has 0 amide bonds. The molecule has 0 radical (unpaired) electrons. The Labute approximate surface area is 97.6 Å². The molecule has 0 aromatic heterocycles. The van der Waals surface area contributed by atoms with Gasteiger partial charge in [-0.05, 0) is 18.4 Å². The Balaban J connectivity index is 1.86. The van der Waals surface area contributed by atoms with Gasteiger partial charge < -0.3 is 9.47 Å². The monoisotopic (exact) mass is 220 g/mol. The topological polar surface area (TPSA) is 18.5 Å². The molecule has 0 N–H and O–H groups in total. The van der Waals surface area contributed by atoms with E-state index in [1.807, 2.05) is 6.07 Å². The summed E-state index contributed by atoms with van der Waals surface area (Å²) in [6.07, 6.45) is 5.66. The van der Waals surface area contributed by atoms with Crippen molar-refractivity contribution in [2.45, 2.75) is 38.4 Å². The Bertz CT molecular complexity index is 274. The summed E-state index contributed by atoms with van der Waals surface area (Å²) in [5, 5.41) is 0. The van der Waals surface area contributed by atoms with Gasteiger partial charge in [-0.25, -0.2) is 0 Å². The molecular weight excluding hydrogens is 200 g/mol. The number of ether oxygens (including phenoxy) is 2. The molecule has 88 valence electrons. The van der Waals surface area contributed by atoms with Gasteiger partial charge in [0.15, 0.2) is 6.29 Å². The van der Waals surface area contributed by atoms with Crippen molar-refractivity contribution in [2.75, 3.05) is 13.2 Å². The molecule has 2 heteroatoms. The largest absolute Gasteiger partial charge is 0.352 e. The Kier molecular flexibility index (Phi) is 4.84. The number of benzene rings is 1. The van der Waals surface area contributed by atoms with E-state index in [2.05, 4.69) is 24.3 Å². The molecule has 1 aliphatic rings. The lowest BCUT2D eigenvalue weighted by Crippen LogP contribution is -2.20. The molecule has 0 unspecified atom stereocenters. The zero-order valence-corrected chi connectivity index (χ0v) is 9.73. The summed E-state index contributed by atoms with van der Waals surface area (Å²) >= 11 is 0. The van der Waals surface area contributed by atoms with Crippen LogP contribution in [0.15, 0.2) is 30.3 Å². The van der Waals surface area contributed by atoms with Crippen molar-refractivity contribution >= 4 is 0 Å². The normalized spacial score (nSPS) is 19.8. The van der Waals surface area contributed by atoms with Gasteiger partial charge in [0, 0.05) is 19.6 Å². The maximum atomic E-state index is 5.74. The van der Waals surface area contributed by atoms with E-state index in [0.717, 1.165) is 32.5 Å². The van der Waals surface area contributed by atoms with Crippen molar-refractivity contribution in [1.29, 1.82) is 0 Å². The highest BCUT2D eigenvalue weighted by atomic mass is 16.7. The van der Waals surface area contributed by atoms with Gasteiger partial charge in [-0.3, -0.25) is 0 Å². The fourth-order valence-corrected chi connectivity index (χ4v) is 1.96. The van der Waals surface area contributed by atoms with Gasteiger partial charge in [0.1, 0.15) is 0 Å². The summed E-state index contributed by atoms with van der Waals surface area (Å²) in [5.41, 5.74) is 1.28. The maximum Gasteiger partial charge on any atom is 0.161 e. The van der Waals surface area contributed by atoms with Crippen LogP contribution < -0.4 is 0 Å². The van der Waals surface area contributed by atoms with Crippen molar-refractivity contribution in [1.82, 2.24) is 0 Å². The fraction of sp³-hybridized carbons (Fsp3) is 0.571. The summed E-state index contributed by atoms with van der Waals surface area (Å²) < 4.78 is 11.5. The van der Waals surface area contributed by atoms with Crippen LogP contribution >= 0.6 is 0 Å². The first-order valence-electron chi connectivity index (χ1n) is 6.22. The van der Waals surface area contributed by atoms with Gasteiger partial charge in [-0.2, -0.15) is 0 Å². The number of hydrogen-bond acceptors (Lipinski definition) is 2. The van der Waals surface area contributed by atoms with Gasteiger partial charge in [0.2, 0.25) is 0 Å². The summed E-state index contributed by atoms with van der Waals surface area (Å²) in [7, 11) is 0. The average Bonchev–Trinajstić information content (AvgIpc) is 2.45. The van der Waals surface area contributed by atoms with E-state index < -0.39 is 0 Å². The van der Waals surface area contributed by atoms with E-state index in [0.29, 0.717) is 0 Å². The highest BCUT2D eigenvalue weighted by Gasteiger charge is 2.11. The lowest BCUT2D eigenvalue weighted by molar-refractivity contribution is -0.139. The molecule has 16 heavy (non-hydrogen) atoms. The van der Waals surface area contributed by atoms with E-state index in [1.165, 1.54) is 18.4 Å². The molecule has 1 aromatic rings. The summed E-state index contributed by atoms with van der Waals surface area (Å²) in [6.45, 7) is 1.66. The zero-order valence-electron chi connectivity index (χ0n) is 9.73. The van der Waals surface area contributed by atoms with Gasteiger partial charge in [-0.1, -0.05) is 43.2 Å². The van der Waals surface area contributed by atoms with Crippen LogP contribution in [0.4, 0.5) is 0 Å². The molecule has 1 fully saturated rings. The first-order chi connectivity index (χ1) is 7.95. The van der Waals surface area contributed by atoms with E-state index in [-0.39, 0.29) is 6.29 Å². The minimum atomic E-state index is -0.0551. The highest BCUT2D eigenvalue weighted by Crippen LogP contribution is 2.12. The minimum Gasteiger partial charge on any atom is -0.352 e. The van der Waals surface area contributed by atoms with Crippen molar-refractivity contribution in [3.8, 4) is 0 Å². The standard InChI is InChI=1S/C14H20O2/c1-2-7-11-16-14(15-10-6-1)12-13-8-4-3-5-9-13/h3-5,8-9,14H,1-2,6-7,10-12H2. The fourth-order valence-electron chi connectivity index (χ4n) is 1.96. The molecule has 0 aliphatic carbocycles. The second kappa shape index (κ2) is 6.66. The molecular formula is C14H20O2. The molecule has 0 bridgehead atoms. The van der Waals surface area contributed by atoms with Crippen LogP contribution in [0, 0.1) is 0 Å². The molecule has 1 heterocycles. The third-order valence-corrected chi connectivity index (χ3v) is 2.89. The van der Waals surface area contributed by atoms with E-state index in [1.54, 1.807) is 0 Å². The molecule has 2 nitrogen and oxygen atoms in total. The van der Waals surface area contributed by atoms with Crippen LogP contribution in [0.5, 0.6) is 0 Å². The summed E-state index contributed by atoms with van der Waals surface area (Å²) in [5.74, 6) is 0. The average molecular weight is 220 g/mol. The molecule has 0 atom stereocenters. The summed E-state index contributed by atoms with van der Waals surface area (Å²) in [6, 6.07) is 10.4. The predicted octanol–water partition coefficient (Wildman–Crippen LogP) is 3.16. The van der Waals surface area contributed by atoms with E-state index in [9.17, 15) is 0 Å². The molecule has 1 saturated heterocycles. The lowest BCUT2D eigenvalue weighted by Gasteiger charge is -2.17. The van der Waals surface area contributed by atoms with Crippen molar-refractivity contribution in [2.24, 2.45) is 0 Å². The van der Waals surface area contributed by atoms with Crippen molar-refractivity contribution < 1.29 is 9.47 Å². The van der Waals surface area contributed by atoms with E-state index >= 15 is 0 Å². The first kappa shape index (κ1) is 11.6. The number of rotatable bonds is 2. The molecule has 1 aliphatic heterocycles. The Hall–Kier alpha value is -0.860. The maximum absolute atomic E-state index is 5.74. The van der Waals surface area contributed by atoms with E-state index in [4.69, 9.17) is 9.47 Å². The van der Waals surface area contributed by atoms with Crippen LogP contribution in [0.2, 0.25) is 0 Å². The first-order valence-corrected chi connectivity index (χ1v) is 6.22. The van der Waals surface area contributed by atoms with Crippen LogP contribution in [0.3, 0.4) is 0 Å². The minimum absolute atomic E-state index is 0.0551. The Morgan fingerprint density at radius 1 is 0.875 bits per heavy atom. The van der Waals surface area contributed by atoms with Crippen molar-refractivity contribution in [3.05, 3.63) is 35.9 Å². The van der Waals surface area contributed by atoms with Crippen LogP contribution in [0.25, 0.3) is 0 Å². The van der Waals surface area contributed by atoms with Gasteiger partial charge in [0.25, 0.3) is 0 Å². The second-order valence-corrected chi connectivity index (χ2v) is 4.28. The lowest BCUT2D eigenvalue weighted by atomic mass is 10.1. The molecule has 0 saturated carbocycles. The van der Waals surface area contributed by atoms with Crippen LogP contribution in [-0.4, -0.2) is 19.5 Å². The van der Waals surface area contributed by atoms with Crippen molar-refractivity contribution in [3.63, 3.8) is 0 Å². The second-order valence-electron chi connectivity index (χ2n) is 4.28. The quantitative estimate of drug-likeness (QED) is 0.762. The molecule has 1 aromatic carbocycles. The van der Waals surface area contributed by atoms with Gasteiger partial charge >= 0.3 is 0 Å². The Morgan fingerprint density at radius 3 is 2.12 bits per heavy atom. The zero-order chi connectivity index (χ0) is 11.1. The highest BCUT2D eigenvalue weighted by molar-refractivity contribution is 5.15. The van der Waals surface area contributed by atoms with Crippen LogP contribution in [0.1, 0.15) is 31.2 Å². The molecule has 0 spiro atoms. The summed E-state index contributed by atoms with van der Waals surface area (Å²) in [4.78, 5) is 0. The number of hydrogen-bond donors (Lipinski definition) is 0. The SMILES string of the molecule is c1ccc(CC2OCCCCCCO2)cc1. The predicted molar refractivity (Wildman–Crippen MR) is 64.3 cm³/mol. The molecule has 2 rings (SSSR count). The van der Waals surface area contributed by atoms with Gasteiger partial charge in [0.05, 0.1) is 0 Å². The third kappa shape index (κ3) is 3.95. The third-order valence-electron chi connectivity index (χ3n) is 2.89. The smallest absolute Gasteiger partial charge is 0.161 e.